The number of nitrogens with zero attached hydrogens (tertiary/aromatic N) is 2. The Morgan fingerprint density at radius 1 is 1.18 bits per heavy atom. The molecule has 1 aromatic carbocycles. The minimum absolute atomic E-state index is 0.192. The quantitative estimate of drug-likeness (QED) is 0.590. The fourth-order valence-corrected chi connectivity index (χ4v) is 3.53. The molecule has 3 rings (SSSR count). The molecular weight excluding hydrogens is 380 g/mol. The number of rotatable bonds is 6. The van der Waals surface area contributed by atoms with Crippen LogP contribution < -0.4 is 5.56 Å². The predicted molar refractivity (Wildman–Crippen MR) is 106 cm³/mol. The standard InChI is InChI=1S/C20H20N2O5S/c1-4-26-20(25)15-10-28-17-16(15)18(23)22(11-21-17)9-13-5-7-14(8-6-13)19(24)27-12(2)3/h5-8,10-12H,4,9H2,1-3H3. The molecule has 0 spiro atoms. The summed E-state index contributed by atoms with van der Waals surface area (Å²) in [7, 11) is 0. The number of benzene rings is 1. The molecule has 3 aromatic rings. The Morgan fingerprint density at radius 3 is 2.54 bits per heavy atom. The Hall–Kier alpha value is -3.00. The van der Waals surface area contributed by atoms with Crippen LogP contribution in [-0.4, -0.2) is 34.2 Å². The maximum Gasteiger partial charge on any atom is 0.339 e. The van der Waals surface area contributed by atoms with E-state index in [4.69, 9.17) is 9.47 Å². The van der Waals surface area contributed by atoms with Crippen LogP contribution in [0.3, 0.4) is 0 Å². The smallest absolute Gasteiger partial charge is 0.339 e. The molecule has 0 radical (unpaired) electrons. The molecule has 0 saturated heterocycles. The fraction of sp³-hybridized carbons (Fsp3) is 0.300. The van der Waals surface area contributed by atoms with Crippen molar-refractivity contribution < 1.29 is 19.1 Å². The summed E-state index contributed by atoms with van der Waals surface area (Å²) in [6, 6.07) is 6.83. The van der Waals surface area contributed by atoms with Crippen molar-refractivity contribution in [1.29, 1.82) is 0 Å². The third kappa shape index (κ3) is 4.12. The number of esters is 2. The average molecular weight is 400 g/mol. The van der Waals surface area contributed by atoms with Crippen LogP contribution in [0.15, 0.2) is 40.8 Å². The van der Waals surface area contributed by atoms with E-state index in [1.165, 1.54) is 22.2 Å². The van der Waals surface area contributed by atoms with Crippen molar-refractivity contribution >= 4 is 33.5 Å². The SMILES string of the molecule is CCOC(=O)c1csc2ncn(Cc3ccc(C(=O)OC(C)C)cc3)c(=O)c12. The van der Waals surface area contributed by atoms with Gasteiger partial charge in [0, 0.05) is 5.38 Å². The summed E-state index contributed by atoms with van der Waals surface area (Å²) in [5.41, 5.74) is 1.19. The van der Waals surface area contributed by atoms with E-state index in [0.29, 0.717) is 10.4 Å². The molecular formula is C20H20N2O5S. The van der Waals surface area contributed by atoms with Crippen LogP contribution in [0.1, 0.15) is 47.1 Å². The lowest BCUT2D eigenvalue weighted by Gasteiger charge is -2.09. The van der Waals surface area contributed by atoms with Crippen LogP contribution in [0, 0.1) is 0 Å². The molecule has 7 nitrogen and oxygen atoms in total. The van der Waals surface area contributed by atoms with Gasteiger partial charge in [0.15, 0.2) is 0 Å². The lowest BCUT2D eigenvalue weighted by atomic mass is 10.1. The second kappa shape index (κ2) is 8.35. The summed E-state index contributed by atoms with van der Waals surface area (Å²) in [6.07, 6.45) is 1.26. The van der Waals surface area contributed by atoms with Gasteiger partial charge in [-0.15, -0.1) is 11.3 Å². The highest BCUT2D eigenvalue weighted by molar-refractivity contribution is 7.17. The molecule has 0 amide bonds. The molecule has 0 aliphatic rings. The molecule has 0 aliphatic carbocycles. The van der Waals surface area contributed by atoms with Gasteiger partial charge in [-0.05, 0) is 38.5 Å². The normalized spacial score (nSPS) is 11.0. The fourth-order valence-electron chi connectivity index (χ4n) is 2.66. The maximum atomic E-state index is 12.9. The molecule has 2 heterocycles. The maximum absolute atomic E-state index is 12.9. The second-order valence-electron chi connectivity index (χ2n) is 6.38. The summed E-state index contributed by atoms with van der Waals surface area (Å²) in [6.45, 7) is 5.78. The Kier molecular flexibility index (Phi) is 5.89. The van der Waals surface area contributed by atoms with Gasteiger partial charge >= 0.3 is 11.9 Å². The third-order valence-electron chi connectivity index (χ3n) is 3.94. The van der Waals surface area contributed by atoms with Crippen LogP contribution in [0.5, 0.6) is 0 Å². The van der Waals surface area contributed by atoms with Gasteiger partial charge in [-0.1, -0.05) is 12.1 Å². The Morgan fingerprint density at radius 2 is 1.89 bits per heavy atom. The number of ether oxygens (including phenoxy) is 2. The summed E-state index contributed by atoms with van der Waals surface area (Å²) in [5.74, 6) is -0.919. The highest BCUT2D eigenvalue weighted by Gasteiger charge is 2.18. The van der Waals surface area contributed by atoms with Crippen LogP contribution in [0.25, 0.3) is 10.2 Å². The van der Waals surface area contributed by atoms with Crippen LogP contribution in [-0.2, 0) is 16.0 Å². The molecule has 28 heavy (non-hydrogen) atoms. The van der Waals surface area contributed by atoms with Crippen LogP contribution >= 0.6 is 11.3 Å². The minimum Gasteiger partial charge on any atom is -0.462 e. The van der Waals surface area contributed by atoms with Gasteiger partial charge in [0.2, 0.25) is 0 Å². The molecule has 0 N–H and O–H groups in total. The van der Waals surface area contributed by atoms with Crippen molar-refractivity contribution in [2.75, 3.05) is 6.61 Å². The number of carbonyl (C=O) groups is 2. The van der Waals surface area contributed by atoms with Crippen molar-refractivity contribution in [3.63, 3.8) is 0 Å². The number of hydrogen-bond donors (Lipinski definition) is 0. The molecule has 2 aromatic heterocycles. The van der Waals surface area contributed by atoms with E-state index < -0.39 is 5.97 Å². The van der Waals surface area contributed by atoms with E-state index >= 15 is 0 Å². The van der Waals surface area contributed by atoms with Gasteiger partial charge in [0.05, 0.1) is 42.1 Å². The topological polar surface area (TPSA) is 87.5 Å². The number of thiophene rings is 1. The first-order valence-corrected chi connectivity index (χ1v) is 9.72. The van der Waals surface area contributed by atoms with Gasteiger partial charge in [0.25, 0.3) is 5.56 Å². The van der Waals surface area contributed by atoms with Crippen LogP contribution in [0.4, 0.5) is 0 Å². The van der Waals surface area contributed by atoms with E-state index in [2.05, 4.69) is 4.98 Å². The van der Waals surface area contributed by atoms with Gasteiger partial charge in [-0.3, -0.25) is 9.36 Å². The number of aromatic nitrogens is 2. The Balaban J connectivity index is 1.87. The van der Waals surface area contributed by atoms with E-state index in [9.17, 15) is 14.4 Å². The molecule has 0 atom stereocenters. The summed E-state index contributed by atoms with van der Waals surface area (Å²) < 4.78 is 11.6. The third-order valence-corrected chi connectivity index (χ3v) is 4.83. The van der Waals surface area contributed by atoms with Gasteiger partial charge in [-0.2, -0.15) is 0 Å². The van der Waals surface area contributed by atoms with Crippen molar-refractivity contribution in [2.45, 2.75) is 33.4 Å². The first-order chi connectivity index (χ1) is 13.4. The first-order valence-electron chi connectivity index (χ1n) is 8.84. The first kappa shape index (κ1) is 19.8. The zero-order valence-electron chi connectivity index (χ0n) is 15.8. The largest absolute Gasteiger partial charge is 0.462 e. The monoisotopic (exact) mass is 400 g/mol. The number of hydrogen-bond acceptors (Lipinski definition) is 7. The van der Waals surface area contributed by atoms with Crippen molar-refractivity contribution in [2.24, 2.45) is 0 Å². The minimum atomic E-state index is -0.529. The van der Waals surface area contributed by atoms with Crippen molar-refractivity contribution in [3.05, 3.63) is 63.0 Å². The lowest BCUT2D eigenvalue weighted by molar-refractivity contribution is 0.0377. The van der Waals surface area contributed by atoms with E-state index in [0.717, 1.165) is 5.56 Å². The zero-order chi connectivity index (χ0) is 20.3. The molecule has 146 valence electrons. The van der Waals surface area contributed by atoms with Crippen molar-refractivity contribution in [1.82, 2.24) is 9.55 Å². The Bertz CT molecular complexity index is 1070. The average Bonchev–Trinajstić information content (AvgIpc) is 3.09. The lowest BCUT2D eigenvalue weighted by Crippen LogP contribution is -2.22. The highest BCUT2D eigenvalue weighted by atomic mass is 32.1. The summed E-state index contributed by atoms with van der Waals surface area (Å²) in [5, 5.41) is 1.86. The van der Waals surface area contributed by atoms with Gasteiger partial charge in [0.1, 0.15) is 4.83 Å². The molecule has 0 fully saturated rings. The van der Waals surface area contributed by atoms with E-state index in [1.54, 1.807) is 50.4 Å². The van der Waals surface area contributed by atoms with E-state index in [-0.39, 0.29) is 41.7 Å². The Labute approximate surface area is 165 Å². The van der Waals surface area contributed by atoms with Crippen molar-refractivity contribution in [3.8, 4) is 0 Å². The van der Waals surface area contributed by atoms with Crippen LogP contribution in [0.2, 0.25) is 0 Å². The number of fused-ring (bicyclic) bond motifs is 1. The summed E-state index contributed by atoms with van der Waals surface area (Å²) >= 11 is 1.23. The molecule has 0 aliphatic heterocycles. The predicted octanol–water partition coefficient (Wildman–Crippen LogP) is 3.25. The van der Waals surface area contributed by atoms with Gasteiger partial charge < -0.3 is 9.47 Å². The highest BCUT2D eigenvalue weighted by Crippen LogP contribution is 2.21. The molecule has 8 heteroatoms. The summed E-state index contributed by atoms with van der Waals surface area (Å²) in [4.78, 5) is 41.6. The zero-order valence-corrected chi connectivity index (χ0v) is 16.6. The molecule has 0 bridgehead atoms. The molecule has 0 unspecified atom stereocenters. The number of carbonyl (C=O) groups excluding carboxylic acids is 2. The second-order valence-corrected chi connectivity index (χ2v) is 7.24. The van der Waals surface area contributed by atoms with Gasteiger partial charge in [-0.25, -0.2) is 14.6 Å². The molecule has 0 saturated carbocycles. The van der Waals surface area contributed by atoms with E-state index in [1.807, 2.05) is 0 Å².